The van der Waals surface area contributed by atoms with Crippen molar-refractivity contribution >= 4 is 11.6 Å². The van der Waals surface area contributed by atoms with Gasteiger partial charge in [0.25, 0.3) is 5.91 Å². The minimum atomic E-state index is -0.0832. The zero-order valence-electron chi connectivity index (χ0n) is 11.9. The third-order valence-electron chi connectivity index (χ3n) is 4.00. The van der Waals surface area contributed by atoms with Crippen LogP contribution in [0.1, 0.15) is 40.5 Å². The Bertz CT molecular complexity index is 658. The van der Waals surface area contributed by atoms with Crippen LogP contribution in [0.15, 0.2) is 24.4 Å². The maximum absolute atomic E-state index is 12.3. The zero-order valence-corrected chi connectivity index (χ0v) is 11.9. The predicted molar refractivity (Wildman–Crippen MR) is 79.1 cm³/mol. The van der Waals surface area contributed by atoms with E-state index in [1.165, 1.54) is 17.5 Å². The molecule has 104 valence electrons. The molecule has 2 aromatic rings. The largest absolute Gasteiger partial charge is 0.322 e. The van der Waals surface area contributed by atoms with E-state index in [-0.39, 0.29) is 5.91 Å². The summed E-state index contributed by atoms with van der Waals surface area (Å²) in [4.78, 5) is 12.3. The van der Waals surface area contributed by atoms with Crippen LogP contribution in [0.2, 0.25) is 0 Å². The summed E-state index contributed by atoms with van der Waals surface area (Å²) in [7, 11) is 0. The monoisotopic (exact) mass is 269 g/mol. The number of carbonyl (C=O) groups is 1. The first-order valence-corrected chi connectivity index (χ1v) is 7.14. The van der Waals surface area contributed by atoms with Crippen LogP contribution in [-0.4, -0.2) is 15.7 Å². The van der Waals surface area contributed by atoms with Gasteiger partial charge in [0.1, 0.15) is 0 Å². The Labute approximate surface area is 118 Å². The summed E-state index contributed by atoms with van der Waals surface area (Å²) in [6, 6.07) is 6.21. The third kappa shape index (κ3) is 2.22. The van der Waals surface area contributed by atoms with E-state index in [9.17, 15) is 4.79 Å². The lowest BCUT2D eigenvalue weighted by atomic mass is 10.1. The smallest absolute Gasteiger partial charge is 0.259 e. The molecule has 4 heteroatoms. The first kappa shape index (κ1) is 12.9. The van der Waals surface area contributed by atoms with Gasteiger partial charge in [-0.2, -0.15) is 5.10 Å². The summed E-state index contributed by atoms with van der Waals surface area (Å²) in [5, 5.41) is 7.18. The molecule has 1 N–H and O–H groups in total. The van der Waals surface area contributed by atoms with E-state index in [0.717, 1.165) is 30.8 Å². The Balaban J connectivity index is 1.80. The molecule has 1 aliphatic rings. The molecule has 0 spiro atoms. The molecule has 3 rings (SSSR count). The molecular weight excluding hydrogens is 250 g/mol. The van der Waals surface area contributed by atoms with E-state index in [2.05, 4.69) is 22.5 Å². The molecule has 0 radical (unpaired) electrons. The lowest BCUT2D eigenvalue weighted by molar-refractivity contribution is 0.102. The van der Waals surface area contributed by atoms with Crippen LogP contribution in [0.25, 0.3) is 0 Å². The normalized spacial score (nSPS) is 13.3. The second-order valence-electron chi connectivity index (χ2n) is 5.25. The van der Waals surface area contributed by atoms with Crippen LogP contribution in [0, 0.1) is 6.92 Å². The average molecular weight is 269 g/mol. The third-order valence-corrected chi connectivity index (χ3v) is 4.00. The fourth-order valence-corrected chi connectivity index (χ4v) is 2.84. The van der Waals surface area contributed by atoms with Gasteiger partial charge in [0, 0.05) is 17.9 Å². The van der Waals surface area contributed by atoms with Crippen molar-refractivity contribution < 1.29 is 4.79 Å². The number of anilines is 1. The lowest BCUT2D eigenvalue weighted by Gasteiger charge is -2.07. The molecular formula is C16H19N3O. The van der Waals surface area contributed by atoms with Crippen molar-refractivity contribution in [3.05, 3.63) is 46.8 Å². The van der Waals surface area contributed by atoms with Gasteiger partial charge in [-0.1, -0.05) is 6.07 Å². The summed E-state index contributed by atoms with van der Waals surface area (Å²) in [6.45, 7) is 4.72. The summed E-state index contributed by atoms with van der Waals surface area (Å²) in [5.41, 5.74) is 5.21. The highest BCUT2D eigenvalue weighted by molar-refractivity contribution is 6.04. The van der Waals surface area contributed by atoms with Crippen molar-refractivity contribution in [2.75, 3.05) is 5.32 Å². The molecule has 1 aliphatic carbocycles. The topological polar surface area (TPSA) is 46.9 Å². The number of aryl methyl sites for hydroxylation is 3. The highest BCUT2D eigenvalue weighted by Crippen LogP contribution is 2.25. The van der Waals surface area contributed by atoms with E-state index in [0.29, 0.717) is 5.56 Å². The van der Waals surface area contributed by atoms with Crippen molar-refractivity contribution in [1.82, 2.24) is 9.78 Å². The molecule has 0 fully saturated rings. The van der Waals surface area contributed by atoms with Gasteiger partial charge in [0.05, 0.1) is 11.8 Å². The number of carbonyl (C=O) groups excluding carboxylic acids is 1. The van der Waals surface area contributed by atoms with Crippen LogP contribution in [0.5, 0.6) is 0 Å². The number of amides is 1. The van der Waals surface area contributed by atoms with E-state index in [1.54, 1.807) is 6.20 Å². The molecule has 0 saturated heterocycles. The molecule has 1 amide bonds. The van der Waals surface area contributed by atoms with Gasteiger partial charge in [0.15, 0.2) is 0 Å². The van der Waals surface area contributed by atoms with Crippen molar-refractivity contribution in [2.24, 2.45) is 0 Å². The summed E-state index contributed by atoms with van der Waals surface area (Å²) >= 11 is 0. The quantitative estimate of drug-likeness (QED) is 0.931. The van der Waals surface area contributed by atoms with Crippen LogP contribution in [-0.2, 0) is 19.4 Å². The van der Waals surface area contributed by atoms with Gasteiger partial charge < -0.3 is 5.32 Å². The Hall–Kier alpha value is -2.10. The second-order valence-corrected chi connectivity index (χ2v) is 5.25. The van der Waals surface area contributed by atoms with Crippen molar-refractivity contribution in [2.45, 2.75) is 39.7 Å². The Morgan fingerprint density at radius 1 is 1.35 bits per heavy atom. The number of nitrogens with one attached hydrogen (secondary N) is 1. The van der Waals surface area contributed by atoms with Gasteiger partial charge in [-0.15, -0.1) is 0 Å². The number of nitrogens with zero attached hydrogens (tertiary/aromatic N) is 2. The molecule has 4 nitrogen and oxygen atoms in total. The van der Waals surface area contributed by atoms with E-state index in [1.807, 2.05) is 24.6 Å². The lowest BCUT2D eigenvalue weighted by Crippen LogP contribution is -2.13. The number of hydrogen-bond donors (Lipinski definition) is 1. The van der Waals surface area contributed by atoms with E-state index >= 15 is 0 Å². The molecule has 0 bridgehead atoms. The number of hydrogen-bond acceptors (Lipinski definition) is 2. The summed E-state index contributed by atoms with van der Waals surface area (Å²) in [6.07, 6.45) is 5.13. The fourth-order valence-electron chi connectivity index (χ4n) is 2.84. The molecule has 0 unspecified atom stereocenters. The first-order valence-electron chi connectivity index (χ1n) is 7.14. The molecule has 1 heterocycles. The van der Waals surface area contributed by atoms with Crippen LogP contribution in [0.4, 0.5) is 5.69 Å². The minimum absolute atomic E-state index is 0.0832. The molecule has 0 aliphatic heterocycles. The SMILES string of the molecule is CCn1ncc(C(=O)Nc2ccc3c(c2)CCC3)c1C. The number of benzene rings is 1. The van der Waals surface area contributed by atoms with Crippen LogP contribution in [0.3, 0.4) is 0 Å². The highest BCUT2D eigenvalue weighted by atomic mass is 16.1. The van der Waals surface area contributed by atoms with E-state index < -0.39 is 0 Å². The number of fused-ring (bicyclic) bond motifs is 1. The summed E-state index contributed by atoms with van der Waals surface area (Å²) in [5.74, 6) is -0.0832. The van der Waals surface area contributed by atoms with Gasteiger partial charge >= 0.3 is 0 Å². The Kier molecular flexibility index (Phi) is 3.30. The summed E-state index contributed by atoms with van der Waals surface area (Å²) < 4.78 is 1.83. The number of aromatic nitrogens is 2. The number of rotatable bonds is 3. The average Bonchev–Trinajstić information content (AvgIpc) is 3.04. The van der Waals surface area contributed by atoms with Gasteiger partial charge in [-0.3, -0.25) is 9.48 Å². The van der Waals surface area contributed by atoms with Gasteiger partial charge in [-0.25, -0.2) is 0 Å². The standard InChI is InChI=1S/C16H19N3O/c1-3-19-11(2)15(10-17-19)16(20)18-14-8-7-12-5-4-6-13(12)9-14/h7-10H,3-6H2,1-2H3,(H,18,20). The minimum Gasteiger partial charge on any atom is -0.322 e. The molecule has 1 aromatic carbocycles. The zero-order chi connectivity index (χ0) is 14.1. The van der Waals surface area contributed by atoms with Crippen LogP contribution < -0.4 is 5.32 Å². The van der Waals surface area contributed by atoms with Gasteiger partial charge in [0.2, 0.25) is 0 Å². The van der Waals surface area contributed by atoms with Crippen LogP contribution >= 0.6 is 0 Å². The van der Waals surface area contributed by atoms with Crippen molar-refractivity contribution in [3.8, 4) is 0 Å². The maximum Gasteiger partial charge on any atom is 0.259 e. The van der Waals surface area contributed by atoms with Gasteiger partial charge in [-0.05, 0) is 56.4 Å². The van der Waals surface area contributed by atoms with Crippen molar-refractivity contribution in [3.63, 3.8) is 0 Å². The molecule has 0 atom stereocenters. The first-order chi connectivity index (χ1) is 9.69. The molecule has 1 aromatic heterocycles. The predicted octanol–water partition coefficient (Wildman–Crippen LogP) is 2.95. The Morgan fingerprint density at radius 2 is 2.15 bits per heavy atom. The highest BCUT2D eigenvalue weighted by Gasteiger charge is 2.15. The second kappa shape index (κ2) is 5.12. The van der Waals surface area contributed by atoms with E-state index in [4.69, 9.17) is 0 Å². The molecule has 20 heavy (non-hydrogen) atoms. The maximum atomic E-state index is 12.3. The fraction of sp³-hybridized carbons (Fsp3) is 0.375. The van der Waals surface area contributed by atoms with Crippen molar-refractivity contribution in [1.29, 1.82) is 0 Å². The Morgan fingerprint density at radius 3 is 2.90 bits per heavy atom. The molecule has 0 saturated carbocycles.